The van der Waals surface area contributed by atoms with Crippen molar-refractivity contribution < 1.29 is 19.5 Å². The summed E-state index contributed by atoms with van der Waals surface area (Å²) in [6.45, 7) is 6.01. The maximum absolute atomic E-state index is 12.3. The summed E-state index contributed by atoms with van der Waals surface area (Å²) in [6.07, 6.45) is 1.47. The van der Waals surface area contributed by atoms with Gasteiger partial charge in [-0.15, -0.1) is 0 Å². The molecule has 1 aromatic carbocycles. The fourth-order valence-electron chi connectivity index (χ4n) is 3.66. The molecule has 5 nitrogen and oxygen atoms in total. The van der Waals surface area contributed by atoms with Crippen molar-refractivity contribution in [1.82, 2.24) is 0 Å². The van der Waals surface area contributed by atoms with Gasteiger partial charge in [0.2, 0.25) is 0 Å². The minimum atomic E-state index is -0.602. The van der Waals surface area contributed by atoms with Gasteiger partial charge in [-0.1, -0.05) is 19.0 Å². The van der Waals surface area contributed by atoms with E-state index in [9.17, 15) is 10.0 Å². The molecule has 5 heteroatoms. The van der Waals surface area contributed by atoms with Crippen molar-refractivity contribution in [3.05, 3.63) is 29.8 Å². The summed E-state index contributed by atoms with van der Waals surface area (Å²) in [7, 11) is 3.03. The molecule has 0 aliphatic heterocycles. The predicted molar refractivity (Wildman–Crippen MR) is 87.9 cm³/mol. The second-order valence-corrected chi connectivity index (χ2v) is 6.85. The molecule has 0 radical (unpaired) electrons. The van der Waals surface area contributed by atoms with Crippen LogP contribution in [0.1, 0.15) is 39.2 Å². The van der Waals surface area contributed by atoms with E-state index in [1.54, 1.807) is 7.11 Å². The Bertz CT molecular complexity index is 606. The summed E-state index contributed by atoms with van der Waals surface area (Å²) in [5, 5.41) is 13.2. The second kappa shape index (κ2) is 6.22. The van der Waals surface area contributed by atoms with Gasteiger partial charge in [-0.2, -0.15) is 0 Å². The number of benzene rings is 1. The first kappa shape index (κ1) is 17.3. The first-order valence-electron chi connectivity index (χ1n) is 7.76. The zero-order valence-corrected chi connectivity index (χ0v) is 14.4. The Morgan fingerprint density at radius 2 is 1.83 bits per heavy atom. The smallest absolute Gasteiger partial charge is 0.312 e. The van der Waals surface area contributed by atoms with Crippen molar-refractivity contribution >= 4 is 11.7 Å². The molecule has 0 bridgehead atoms. The summed E-state index contributed by atoms with van der Waals surface area (Å²) in [4.78, 5) is 12.3. The molecule has 1 aliphatic rings. The minimum absolute atomic E-state index is 0.0370. The van der Waals surface area contributed by atoms with Crippen molar-refractivity contribution in [2.45, 2.75) is 33.6 Å². The summed E-state index contributed by atoms with van der Waals surface area (Å²) in [6, 6.07) is 7.42. The third-order valence-corrected chi connectivity index (χ3v) is 5.69. The van der Waals surface area contributed by atoms with E-state index in [-0.39, 0.29) is 17.3 Å². The van der Waals surface area contributed by atoms with Crippen molar-refractivity contribution in [2.75, 3.05) is 14.2 Å². The van der Waals surface area contributed by atoms with Crippen molar-refractivity contribution in [1.29, 1.82) is 0 Å². The Morgan fingerprint density at radius 1 is 1.22 bits per heavy atom. The highest BCUT2D eigenvalue weighted by Crippen LogP contribution is 2.57. The number of methoxy groups -OCH3 is 2. The van der Waals surface area contributed by atoms with Crippen molar-refractivity contribution in [3.8, 4) is 5.75 Å². The van der Waals surface area contributed by atoms with E-state index in [2.05, 4.69) is 5.16 Å². The van der Waals surface area contributed by atoms with Crippen LogP contribution in [0.15, 0.2) is 29.4 Å². The quantitative estimate of drug-likeness (QED) is 0.399. The van der Waals surface area contributed by atoms with Crippen LogP contribution in [0.2, 0.25) is 0 Å². The van der Waals surface area contributed by atoms with Gasteiger partial charge >= 0.3 is 5.97 Å². The van der Waals surface area contributed by atoms with E-state index in [0.717, 1.165) is 17.7 Å². The molecule has 0 amide bonds. The van der Waals surface area contributed by atoms with Crippen LogP contribution in [0, 0.1) is 16.7 Å². The summed E-state index contributed by atoms with van der Waals surface area (Å²) in [5.41, 5.74) is 0.446. The van der Waals surface area contributed by atoms with E-state index in [1.807, 2.05) is 45.0 Å². The molecule has 1 aliphatic carbocycles. The topological polar surface area (TPSA) is 68.1 Å². The lowest BCUT2D eigenvalue weighted by Gasteiger charge is -2.39. The van der Waals surface area contributed by atoms with Gasteiger partial charge in [0.1, 0.15) is 5.75 Å². The average molecular weight is 319 g/mol. The van der Waals surface area contributed by atoms with Gasteiger partial charge in [-0.3, -0.25) is 4.79 Å². The fraction of sp³-hybridized carbons (Fsp3) is 0.556. The number of ether oxygens (including phenoxy) is 2. The van der Waals surface area contributed by atoms with Crippen LogP contribution in [0.25, 0.3) is 0 Å². The minimum Gasteiger partial charge on any atom is -0.497 e. The van der Waals surface area contributed by atoms with E-state index in [0.29, 0.717) is 12.1 Å². The van der Waals surface area contributed by atoms with Gasteiger partial charge in [0.05, 0.1) is 25.3 Å². The SMILES string of the molecule is COC(=O)[C@]1(C)CC[C@H](/C(=N/O)c2ccc(OC)cc2)C1(C)C. The molecular formula is C18H25NO4. The van der Waals surface area contributed by atoms with Crippen LogP contribution in [-0.2, 0) is 9.53 Å². The predicted octanol–water partition coefficient (Wildman–Crippen LogP) is 3.49. The third-order valence-electron chi connectivity index (χ3n) is 5.69. The Hall–Kier alpha value is -2.04. The molecule has 0 heterocycles. The fourth-order valence-corrected chi connectivity index (χ4v) is 3.66. The molecule has 0 aromatic heterocycles. The molecule has 1 aromatic rings. The van der Waals surface area contributed by atoms with Crippen LogP contribution >= 0.6 is 0 Å². The number of oxime groups is 1. The molecular weight excluding hydrogens is 294 g/mol. The molecule has 1 fully saturated rings. The molecule has 0 spiro atoms. The monoisotopic (exact) mass is 319 g/mol. The van der Waals surface area contributed by atoms with E-state index in [4.69, 9.17) is 9.47 Å². The molecule has 1 saturated carbocycles. The Balaban J connectivity index is 2.37. The Kier molecular flexibility index (Phi) is 4.68. The lowest BCUT2D eigenvalue weighted by molar-refractivity contribution is -0.157. The maximum atomic E-state index is 12.3. The largest absolute Gasteiger partial charge is 0.497 e. The van der Waals surface area contributed by atoms with Crippen LogP contribution in [0.4, 0.5) is 0 Å². The second-order valence-electron chi connectivity index (χ2n) is 6.85. The number of nitrogens with zero attached hydrogens (tertiary/aromatic N) is 1. The molecule has 2 atom stereocenters. The van der Waals surface area contributed by atoms with Gasteiger partial charge in [-0.25, -0.2) is 0 Å². The molecule has 126 valence electrons. The molecule has 0 unspecified atom stereocenters. The zero-order valence-electron chi connectivity index (χ0n) is 14.4. The highest BCUT2D eigenvalue weighted by molar-refractivity contribution is 6.03. The van der Waals surface area contributed by atoms with E-state index in [1.165, 1.54) is 7.11 Å². The zero-order chi connectivity index (χ0) is 17.3. The van der Waals surface area contributed by atoms with Gasteiger partial charge in [0.25, 0.3) is 0 Å². The number of carbonyl (C=O) groups is 1. The number of hydrogen-bond donors (Lipinski definition) is 1. The Morgan fingerprint density at radius 3 is 2.30 bits per heavy atom. The van der Waals surface area contributed by atoms with Crippen LogP contribution in [0.3, 0.4) is 0 Å². The van der Waals surface area contributed by atoms with Gasteiger partial charge < -0.3 is 14.7 Å². The van der Waals surface area contributed by atoms with Crippen LogP contribution in [0.5, 0.6) is 5.75 Å². The van der Waals surface area contributed by atoms with Crippen LogP contribution in [-0.4, -0.2) is 31.1 Å². The van der Waals surface area contributed by atoms with Gasteiger partial charge in [0, 0.05) is 5.92 Å². The lowest BCUT2D eigenvalue weighted by atomic mass is 9.64. The first-order valence-corrected chi connectivity index (χ1v) is 7.76. The molecule has 1 N–H and O–H groups in total. The van der Waals surface area contributed by atoms with E-state index >= 15 is 0 Å². The molecule has 0 saturated heterocycles. The van der Waals surface area contributed by atoms with Crippen molar-refractivity contribution in [3.63, 3.8) is 0 Å². The van der Waals surface area contributed by atoms with E-state index < -0.39 is 5.41 Å². The van der Waals surface area contributed by atoms with Crippen molar-refractivity contribution in [2.24, 2.45) is 21.9 Å². The standard InChI is InChI=1S/C18H25NO4/c1-17(2)14(10-11-18(17,3)16(20)23-5)15(19-21)12-6-8-13(22-4)9-7-12/h6-9,14,21H,10-11H2,1-5H3/b19-15+/t14-,18+/m1/s1. The number of carbonyl (C=O) groups excluding carboxylic acids is 1. The lowest BCUT2D eigenvalue weighted by Crippen LogP contribution is -2.43. The van der Waals surface area contributed by atoms with Gasteiger partial charge in [-0.05, 0) is 55.0 Å². The third kappa shape index (κ3) is 2.69. The number of esters is 1. The average Bonchev–Trinajstić information content (AvgIpc) is 2.80. The maximum Gasteiger partial charge on any atom is 0.312 e. The highest BCUT2D eigenvalue weighted by atomic mass is 16.5. The normalized spacial score (nSPS) is 26.8. The highest BCUT2D eigenvalue weighted by Gasteiger charge is 2.58. The first-order chi connectivity index (χ1) is 10.8. The van der Waals surface area contributed by atoms with Crippen LogP contribution < -0.4 is 4.74 Å². The summed E-state index contributed by atoms with van der Waals surface area (Å²) in [5.74, 6) is 0.498. The summed E-state index contributed by atoms with van der Waals surface area (Å²) >= 11 is 0. The summed E-state index contributed by atoms with van der Waals surface area (Å²) < 4.78 is 10.2. The molecule has 2 rings (SSSR count). The Labute approximate surface area is 137 Å². The van der Waals surface area contributed by atoms with Gasteiger partial charge in [0.15, 0.2) is 0 Å². The molecule has 23 heavy (non-hydrogen) atoms. The number of hydrogen-bond acceptors (Lipinski definition) is 5. The number of rotatable bonds is 4.